The molecule has 0 spiro atoms. The first-order valence-corrected chi connectivity index (χ1v) is 11.3. The van der Waals surface area contributed by atoms with Crippen LogP contribution in [0.2, 0.25) is 0 Å². The highest BCUT2D eigenvalue weighted by Gasteiger charge is 2.40. The third-order valence-electron chi connectivity index (χ3n) is 6.05. The van der Waals surface area contributed by atoms with E-state index in [1.54, 1.807) is 17.0 Å². The van der Waals surface area contributed by atoms with Gasteiger partial charge < -0.3 is 25.7 Å². The number of hydrogen-bond acceptors (Lipinski definition) is 8. The van der Waals surface area contributed by atoms with Gasteiger partial charge in [-0.3, -0.25) is 4.90 Å². The predicted octanol–water partition coefficient (Wildman–Crippen LogP) is 1.89. The molecule has 1 aromatic carbocycles. The van der Waals surface area contributed by atoms with E-state index in [0.717, 1.165) is 25.3 Å². The number of alkyl halides is 3. The zero-order valence-corrected chi connectivity index (χ0v) is 18.7. The van der Waals surface area contributed by atoms with E-state index < -0.39 is 36.1 Å². The number of hydrogen-bond donors (Lipinski definition) is 5. The average Bonchev–Trinajstić information content (AvgIpc) is 2.82. The van der Waals surface area contributed by atoms with Gasteiger partial charge in [0.05, 0.1) is 24.3 Å². The maximum Gasteiger partial charge on any atom is 0.418 e. The molecule has 0 aliphatic carbocycles. The van der Waals surface area contributed by atoms with Gasteiger partial charge in [0.2, 0.25) is 0 Å². The molecule has 2 heterocycles. The summed E-state index contributed by atoms with van der Waals surface area (Å²) in [6.45, 7) is 0.735. The molecule has 1 aliphatic rings. The Morgan fingerprint density at radius 3 is 2.38 bits per heavy atom. The van der Waals surface area contributed by atoms with Crippen molar-refractivity contribution in [2.45, 2.75) is 56.2 Å². The lowest BCUT2D eigenvalue weighted by Gasteiger charge is -2.43. The number of β-amino-alcohol motifs (C(OH)–C–C–N with tert-alkyl or cyclic N) is 1. The molecule has 34 heavy (non-hydrogen) atoms. The van der Waals surface area contributed by atoms with Crippen LogP contribution in [0.25, 0.3) is 11.4 Å². The van der Waals surface area contributed by atoms with Crippen LogP contribution in [0.3, 0.4) is 0 Å². The number of nitrogens with one attached hydrogen (secondary N) is 1. The number of anilines is 1. The Balaban J connectivity index is 1.46. The van der Waals surface area contributed by atoms with Crippen molar-refractivity contribution in [3.05, 3.63) is 42.2 Å². The second-order valence-corrected chi connectivity index (χ2v) is 8.46. The minimum absolute atomic E-state index is 0.00724. The number of aliphatic hydroxyl groups excluding tert-OH is 4. The van der Waals surface area contributed by atoms with Crippen molar-refractivity contribution >= 4 is 5.69 Å². The van der Waals surface area contributed by atoms with Crippen molar-refractivity contribution in [1.29, 1.82) is 0 Å². The normalized spacial score (nSPS) is 23.7. The Bertz CT molecular complexity index is 904. The Hall–Kier alpha value is -2.31. The molecule has 0 radical (unpaired) electrons. The largest absolute Gasteiger partial charge is 0.418 e. The van der Waals surface area contributed by atoms with E-state index in [1.807, 2.05) is 0 Å². The molecule has 8 nitrogen and oxygen atoms in total. The number of rotatable bonds is 10. The molecule has 4 atom stereocenters. The quantitative estimate of drug-likeness (QED) is 0.324. The molecule has 5 N–H and O–H groups in total. The molecule has 1 aromatic heterocycles. The van der Waals surface area contributed by atoms with Gasteiger partial charge in [-0.15, -0.1) is 0 Å². The molecule has 1 aliphatic heterocycles. The summed E-state index contributed by atoms with van der Waals surface area (Å²) in [5, 5.41) is 42.0. The van der Waals surface area contributed by atoms with Crippen LogP contribution in [-0.2, 0) is 6.18 Å². The van der Waals surface area contributed by atoms with Crippen LogP contribution in [0, 0.1) is 0 Å². The van der Waals surface area contributed by atoms with Crippen molar-refractivity contribution < 1.29 is 33.6 Å². The number of likely N-dealkylation sites (tertiary alicyclic amines) is 1. The topological polar surface area (TPSA) is 122 Å². The Kier molecular flexibility index (Phi) is 9.20. The summed E-state index contributed by atoms with van der Waals surface area (Å²) in [5.41, 5.74) is -0.468. The maximum absolute atomic E-state index is 13.6. The highest BCUT2D eigenvalue weighted by atomic mass is 19.4. The van der Waals surface area contributed by atoms with E-state index >= 15 is 0 Å². The summed E-state index contributed by atoms with van der Waals surface area (Å²) in [7, 11) is 0. The van der Waals surface area contributed by atoms with Crippen LogP contribution >= 0.6 is 0 Å². The van der Waals surface area contributed by atoms with E-state index in [4.69, 9.17) is 0 Å². The van der Waals surface area contributed by atoms with Crippen molar-refractivity contribution in [2.24, 2.45) is 0 Å². The van der Waals surface area contributed by atoms with Gasteiger partial charge in [0.15, 0.2) is 5.82 Å². The van der Waals surface area contributed by atoms with Crippen LogP contribution in [0.1, 0.15) is 31.2 Å². The lowest BCUT2D eigenvalue weighted by atomic mass is 9.94. The van der Waals surface area contributed by atoms with Gasteiger partial charge >= 0.3 is 6.18 Å². The van der Waals surface area contributed by atoms with E-state index in [9.17, 15) is 33.6 Å². The number of nitrogens with zero attached hydrogens (tertiary/aromatic N) is 3. The molecule has 0 amide bonds. The van der Waals surface area contributed by atoms with Crippen LogP contribution < -0.4 is 5.32 Å². The Morgan fingerprint density at radius 1 is 1.00 bits per heavy atom. The molecular weight excluding hydrogens is 453 g/mol. The summed E-state index contributed by atoms with van der Waals surface area (Å²) in [6.07, 6.45) is -2.19. The fourth-order valence-electron chi connectivity index (χ4n) is 4.17. The van der Waals surface area contributed by atoms with Gasteiger partial charge in [-0.25, -0.2) is 9.97 Å². The summed E-state index contributed by atoms with van der Waals surface area (Å²) < 4.78 is 40.7. The lowest BCUT2D eigenvalue weighted by molar-refractivity contribution is -0.145. The highest BCUT2D eigenvalue weighted by molar-refractivity contribution is 5.64. The SMILES string of the molecule is OCC1C(O)C(O)C(O)CN1CCCCCCNc1ccc(-c2ncccn2)cc1C(F)(F)F. The van der Waals surface area contributed by atoms with E-state index in [1.165, 1.54) is 18.5 Å². The Labute approximate surface area is 196 Å². The predicted molar refractivity (Wildman–Crippen MR) is 120 cm³/mol. The van der Waals surface area contributed by atoms with E-state index in [0.29, 0.717) is 25.1 Å². The third-order valence-corrected chi connectivity index (χ3v) is 6.05. The Morgan fingerprint density at radius 2 is 1.71 bits per heavy atom. The number of halogens is 3. The van der Waals surface area contributed by atoms with Crippen molar-refractivity contribution in [1.82, 2.24) is 14.9 Å². The standard InChI is InChI=1S/C23H31F3N4O4/c24-23(25,26)16-12-15(22-28-9-5-10-29-22)6-7-17(16)27-8-3-1-2-4-11-30-13-19(32)21(34)20(33)18(30)14-31/h5-7,9-10,12,18-21,27,31-34H,1-4,8,11,13-14H2. The molecule has 1 saturated heterocycles. The molecule has 0 saturated carbocycles. The zero-order chi connectivity index (χ0) is 24.7. The summed E-state index contributed by atoms with van der Waals surface area (Å²) in [5.74, 6) is 0.228. The second kappa shape index (κ2) is 11.9. The first kappa shape index (κ1) is 26.3. The maximum atomic E-state index is 13.6. The molecular formula is C23H31F3N4O4. The smallest absolute Gasteiger partial charge is 0.395 e. The molecule has 2 aromatic rings. The molecule has 3 rings (SSSR count). The second-order valence-electron chi connectivity index (χ2n) is 8.46. The molecule has 188 valence electrons. The van der Waals surface area contributed by atoms with Gasteiger partial charge in [-0.2, -0.15) is 13.2 Å². The van der Waals surface area contributed by atoms with Gasteiger partial charge in [0.25, 0.3) is 0 Å². The van der Waals surface area contributed by atoms with Crippen LogP contribution in [0.4, 0.5) is 18.9 Å². The first-order chi connectivity index (χ1) is 16.2. The number of aromatic nitrogens is 2. The molecule has 0 bridgehead atoms. The van der Waals surface area contributed by atoms with Gasteiger partial charge in [0, 0.05) is 36.7 Å². The van der Waals surface area contributed by atoms with Gasteiger partial charge in [-0.05, 0) is 43.7 Å². The number of aliphatic hydroxyl groups is 4. The van der Waals surface area contributed by atoms with Gasteiger partial charge in [0.1, 0.15) is 12.2 Å². The molecule has 1 fully saturated rings. The molecule has 11 heteroatoms. The summed E-state index contributed by atoms with van der Waals surface area (Å²) in [4.78, 5) is 9.77. The third kappa shape index (κ3) is 6.63. The van der Waals surface area contributed by atoms with E-state index in [2.05, 4.69) is 15.3 Å². The fourth-order valence-corrected chi connectivity index (χ4v) is 4.17. The zero-order valence-electron chi connectivity index (χ0n) is 18.7. The van der Waals surface area contributed by atoms with Crippen LogP contribution in [-0.4, -0.2) is 85.9 Å². The average molecular weight is 485 g/mol. The van der Waals surface area contributed by atoms with Crippen molar-refractivity contribution in [2.75, 3.05) is 31.6 Å². The minimum atomic E-state index is -4.52. The highest BCUT2D eigenvalue weighted by Crippen LogP contribution is 2.37. The lowest BCUT2D eigenvalue weighted by Crippen LogP contribution is -2.62. The number of benzene rings is 1. The van der Waals surface area contributed by atoms with Crippen LogP contribution in [0.15, 0.2) is 36.7 Å². The van der Waals surface area contributed by atoms with Gasteiger partial charge in [-0.1, -0.05) is 12.8 Å². The van der Waals surface area contributed by atoms with Crippen LogP contribution in [0.5, 0.6) is 0 Å². The van der Waals surface area contributed by atoms with Crippen molar-refractivity contribution in [3.8, 4) is 11.4 Å². The summed E-state index contributed by atoms with van der Waals surface area (Å²) in [6, 6.07) is 4.96. The van der Waals surface area contributed by atoms with E-state index in [-0.39, 0.29) is 24.7 Å². The first-order valence-electron chi connectivity index (χ1n) is 11.3. The monoisotopic (exact) mass is 484 g/mol. The number of unbranched alkanes of at least 4 members (excludes halogenated alkanes) is 3. The minimum Gasteiger partial charge on any atom is -0.395 e. The van der Waals surface area contributed by atoms with Crippen molar-refractivity contribution in [3.63, 3.8) is 0 Å². The molecule has 4 unspecified atom stereocenters. The number of piperidine rings is 1. The fraction of sp³-hybridized carbons (Fsp3) is 0.565. The summed E-state index contributed by atoms with van der Waals surface area (Å²) >= 11 is 0.